The van der Waals surface area contributed by atoms with Crippen LogP contribution < -0.4 is 5.32 Å². The van der Waals surface area contributed by atoms with Gasteiger partial charge in [0, 0.05) is 12.7 Å². The molecule has 6 nitrogen and oxygen atoms in total. The summed E-state index contributed by atoms with van der Waals surface area (Å²) < 4.78 is 6.84. The van der Waals surface area contributed by atoms with E-state index in [0.29, 0.717) is 11.3 Å². The SMILES string of the molecule is CCOC(=O)C(NC(=O)c1c(C)nn(C)c1C)c1cccc(C)c1C. The van der Waals surface area contributed by atoms with Crippen molar-refractivity contribution in [2.24, 2.45) is 7.05 Å². The van der Waals surface area contributed by atoms with Gasteiger partial charge in [-0.3, -0.25) is 9.48 Å². The van der Waals surface area contributed by atoms with Crippen molar-refractivity contribution in [3.05, 3.63) is 51.8 Å². The molecule has 134 valence electrons. The fraction of sp³-hybridized carbons (Fsp3) is 0.421. The first kappa shape index (κ1) is 18.7. The summed E-state index contributed by atoms with van der Waals surface area (Å²) in [4.78, 5) is 25.3. The Labute approximate surface area is 148 Å². The third kappa shape index (κ3) is 3.73. The van der Waals surface area contributed by atoms with E-state index in [4.69, 9.17) is 4.74 Å². The van der Waals surface area contributed by atoms with Crippen LogP contribution in [0.15, 0.2) is 18.2 Å². The minimum atomic E-state index is -0.855. The van der Waals surface area contributed by atoms with E-state index in [2.05, 4.69) is 10.4 Å². The highest BCUT2D eigenvalue weighted by Gasteiger charge is 2.28. The molecule has 2 rings (SSSR count). The summed E-state index contributed by atoms with van der Waals surface area (Å²) in [6, 6.07) is 4.83. The van der Waals surface area contributed by atoms with Crippen LogP contribution in [0.3, 0.4) is 0 Å². The Kier molecular flexibility index (Phi) is 5.62. The van der Waals surface area contributed by atoms with Crippen molar-refractivity contribution in [1.82, 2.24) is 15.1 Å². The minimum absolute atomic E-state index is 0.251. The summed E-state index contributed by atoms with van der Waals surface area (Å²) in [5.41, 5.74) is 4.61. The Morgan fingerprint density at radius 2 is 1.92 bits per heavy atom. The van der Waals surface area contributed by atoms with Crippen LogP contribution in [0.4, 0.5) is 0 Å². The molecule has 0 saturated heterocycles. The largest absolute Gasteiger partial charge is 0.464 e. The zero-order chi connectivity index (χ0) is 18.7. The molecule has 1 aromatic carbocycles. The predicted octanol–water partition coefficient (Wildman–Crippen LogP) is 2.69. The van der Waals surface area contributed by atoms with Crippen LogP contribution in [0.25, 0.3) is 0 Å². The van der Waals surface area contributed by atoms with Gasteiger partial charge in [-0.2, -0.15) is 5.10 Å². The monoisotopic (exact) mass is 343 g/mol. The zero-order valence-electron chi connectivity index (χ0n) is 15.6. The van der Waals surface area contributed by atoms with E-state index in [1.54, 1.807) is 25.6 Å². The fourth-order valence-corrected chi connectivity index (χ4v) is 2.88. The topological polar surface area (TPSA) is 73.2 Å². The van der Waals surface area contributed by atoms with Gasteiger partial charge >= 0.3 is 5.97 Å². The van der Waals surface area contributed by atoms with Gasteiger partial charge in [-0.05, 0) is 51.3 Å². The number of hydrogen-bond acceptors (Lipinski definition) is 4. The number of aromatic nitrogens is 2. The third-order valence-electron chi connectivity index (χ3n) is 4.49. The van der Waals surface area contributed by atoms with Crippen LogP contribution >= 0.6 is 0 Å². The maximum Gasteiger partial charge on any atom is 0.333 e. The highest BCUT2D eigenvalue weighted by Crippen LogP contribution is 2.23. The minimum Gasteiger partial charge on any atom is -0.464 e. The van der Waals surface area contributed by atoms with Crippen LogP contribution in [-0.2, 0) is 16.6 Å². The van der Waals surface area contributed by atoms with Gasteiger partial charge in [0.1, 0.15) is 0 Å². The van der Waals surface area contributed by atoms with Crippen molar-refractivity contribution in [3.8, 4) is 0 Å². The highest BCUT2D eigenvalue weighted by atomic mass is 16.5. The zero-order valence-corrected chi connectivity index (χ0v) is 15.6. The Morgan fingerprint density at radius 1 is 1.24 bits per heavy atom. The summed E-state index contributed by atoms with van der Waals surface area (Å²) in [5.74, 6) is -0.800. The van der Waals surface area contributed by atoms with Gasteiger partial charge in [0.05, 0.1) is 17.9 Å². The van der Waals surface area contributed by atoms with Gasteiger partial charge in [0.25, 0.3) is 5.91 Å². The number of rotatable bonds is 5. The van der Waals surface area contributed by atoms with Crippen molar-refractivity contribution < 1.29 is 14.3 Å². The molecule has 1 unspecified atom stereocenters. The molecule has 1 heterocycles. The molecular weight excluding hydrogens is 318 g/mol. The molecule has 1 aromatic heterocycles. The smallest absolute Gasteiger partial charge is 0.333 e. The quantitative estimate of drug-likeness (QED) is 0.847. The Morgan fingerprint density at radius 3 is 2.48 bits per heavy atom. The molecule has 0 aliphatic heterocycles. The van der Waals surface area contributed by atoms with E-state index >= 15 is 0 Å². The summed E-state index contributed by atoms with van der Waals surface area (Å²) in [6.07, 6.45) is 0. The summed E-state index contributed by atoms with van der Waals surface area (Å²) in [6.45, 7) is 9.50. The second-order valence-electron chi connectivity index (χ2n) is 6.12. The summed E-state index contributed by atoms with van der Waals surface area (Å²) in [5, 5.41) is 7.09. The maximum atomic E-state index is 12.8. The van der Waals surface area contributed by atoms with E-state index in [9.17, 15) is 9.59 Å². The molecule has 1 amide bonds. The number of amides is 1. The van der Waals surface area contributed by atoms with Crippen molar-refractivity contribution in [2.45, 2.75) is 40.7 Å². The van der Waals surface area contributed by atoms with Gasteiger partial charge in [-0.25, -0.2) is 4.79 Å². The molecule has 1 atom stereocenters. The van der Waals surface area contributed by atoms with Crippen LogP contribution in [0.5, 0.6) is 0 Å². The predicted molar refractivity (Wildman–Crippen MR) is 95.4 cm³/mol. The van der Waals surface area contributed by atoms with E-state index in [1.165, 1.54) is 0 Å². The molecule has 0 fully saturated rings. The average molecular weight is 343 g/mol. The van der Waals surface area contributed by atoms with Gasteiger partial charge in [0.15, 0.2) is 6.04 Å². The molecule has 25 heavy (non-hydrogen) atoms. The lowest BCUT2D eigenvalue weighted by Gasteiger charge is -2.20. The number of benzene rings is 1. The first-order chi connectivity index (χ1) is 11.8. The Balaban J connectivity index is 2.41. The normalized spacial score (nSPS) is 11.9. The Hall–Kier alpha value is -2.63. The van der Waals surface area contributed by atoms with Crippen molar-refractivity contribution >= 4 is 11.9 Å². The number of ether oxygens (including phenoxy) is 1. The molecule has 0 saturated carbocycles. The maximum absolute atomic E-state index is 12.8. The number of nitrogens with zero attached hydrogens (tertiary/aromatic N) is 2. The van der Waals surface area contributed by atoms with Gasteiger partial charge in [-0.15, -0.1) is 0 Å². The van der Waals surface area contributed by atoms with Crippen LogP contribution in [0.2, 0.25) is 0 Å². The molecular formula is C19H25N3O3. The molecule has 0 bridgehead atoms. The van der Waals surface area contributed by atoms with E-state index in [0.717, 1.165) is 22.4 Å². The first-order valence-electron chi connectivity index (χ1n) is 8.31. The lowest BCUT2D eigenvalue weighted by atomic mass is 9.97. The molecule has 0 spiro atoms. The molecule has 6 heteroatoms. The van der Waals surface area contributed by atoms with Crippen LogP contribution in [0, 0.1) is 27.7 Å². The lowest BCUT2D eigenvalue weighted by molar-refractivity contribution is -0.145. The number of nitrogens with one attached hydrogen (secondary N) is 1. The first-order valence-corrected chi connectivity index (χ1v) is 8.31. The molecule has 1 N–H and O–H groups in total. The van der Waals surface area contributed by atoms with Gasteiger partial charge < -0.3 is 10.1 Å². The standard InChI is InChI=1S/C19H25N3O3/c1-7-25-19(24)17(15-10-8-9-11(2)12(15)3)20-18(23)16-13(4)21-22(6)14(16)5/h8-10,17H,7H2,1-6H3,(H,20,23). The number of esters is 1. The summed E-state index contributed by atoms with van der Waals surface area (Å²) >= 11 is 0. The third-order valence-corrected chi connectivity index (χ3v) is 4.49. The molecule has 0 aliphatic carbocycles. The van der Waals surface area contributed by atoms with Crippen LogP contribution in [-0.4, -0.2) is 28.3 Å². The van der Waals surface area contributed by atoms with Crippen molar-refractivity contribution in [3.63, 3.8) is 0 Å². The second kappa shape index (κ2) is 7.51. The lowest BCUT2D eigenvalue weighted by Crippen LogP contribution is -2.36. The fourth-order valence-electron chi connectivity index (χ4n) is 2.88. The van der Waals surface area contributed by atoms with E-state index < -0.39 is 12.0 Å². The van der Waals surface area contributed by atoms with E-state index in [1.807, 2.05) is 39.0 Å². The molecule has 0 radical (unpaired) electrons. The van der Waals surface area contributed by atoms with Crippen LogP contribution in [0.1, 0.15) is 51.4 Å². The van der Waals surface area contributed by atoms with Crippen molar-refractivity contribution in [2.75, 3.05) is 6.61 Å². The van der Waals surface area contributed by atoms with Gasteiger partial charge in [0.2, 0.25) is 0 Å². The number of carbonyl (C=O) groups is 2. The number of hydrogen-bond donors (Lipinski definition) is 1. The second-order valence-corrected chi connectivity index (χ2v) is 6.12. The summed E-state index contributed by atoms with van der Waals surface area (Å²) in [7, 11) is 1.78. The van der Waals surface area contributed by atoms with E-state index in [-0.39, 0.29) is 12.5 Å². The molecule has 0 aliphatic rings. The molecule has 2 aromatic rings. The Bertz CT molecular complexity index is 808. The number of aryl methyl sites for hydroxylation is 3. The average Bonchev–Trinajstić information content (AvgIpc) is 2.80. The highest BCUT2D eigenvalue weighted by molar-refractivity contribution is 5.99. The van der Waals surface area contributed by atoms with Gasteiger partial charge in [-0.1, -0.05) is 18.2 Å². The van der Waals surface area contributed by atoms with Crippen molar-refractivity contribution in [1.29, 1.82) is 0 Å². The number of carbonyl (C=O) groups excluding carboxylic acids is 2.